The quantitative estimate of drug-likeness (QED) is 0.361. The normalized spacial score (nSPS) is 12.0. The molecule has 0 bridgehead atoms. The summed E-state index contributed by atoms with van der Waals surface area (Å²) in [6.07, 6.45) is -0.0433. The van der Waals surface area contributed by atoms with Gasteiger partial charge in [-0.1, -0.05) is 24.3 Å². The molecule has 0 saturated heterocycles. The first kappa shape index (κ1) is 27.1. The van der Waals surface area contributed by atoms with E-state index in [0.717, 1.165) is 16.9 Å². The van der Waals surface area contributed by atoms with Crippen LogP contribution in [-0.4, -0.2) is 57.8 Å². The summed E-state index contributed by atoms with van der Waals surface area (Å²) in [6, 6.07) is 15.1. The van der Waals surface area contributed by atoms with Crippen molar-refractivity contribution in [3.8, 4) is 5.75 Å². The van der Waals surface area contributed by atoms with Gasteiger partial charge in [-0.25, -0.2) is 9.59 Å². The van der Waals surface area contributed by atoms with E-state index >= 15 is 0 Å². The zero-order valence-corrected chi connectivity index (χ0v) is 20.6. The van der Waals surface area contributed by atoms with Crippen molar-refractivity contribution in [2.24, 2.45) is 0 Å². The molecule has 34 heavy (non-hydrogen) atoms. The van der Waals surface area contributed by atoms with Crippen LogP contribution in [0.2, 0.25) is 0 Å². The molecule has 186 valence electrons. The molecule has 0 saturated carbocycles. The average Bonchev–Trinajstić information content (AvgIpc) is 2.79. The highest BCUT2D eigenvalue weighted by molar-refractivity contribution is 5.84. The summed E-state index contributed by atoms with van der Waals surface area (Å²) < 4.78 is 26.4. The summed E-state index contributed by atoms with van der Waals surface area (Å²) >= 11 is 0. The molecule has 0 radical (unpaired) electrons. The second-order valence-electron chi connectivity index (χ2n) is 8.65. The van der Waals surface area contributed by atoms with Crippen molar-refractivity contribution < 1.29 is 33.3 Å². The van der Waals surface area contributed by atoms with Gasteiger partial charge in [-0.2, -0.15) is 0 Å². The van der Waals surface area contributed by atoms with Crippen LogP contribution in [0, 0.1) is 0 Å². The van der Waals surface area contributed by atoms with E-state index in [4.69, 9.17) is 23.7 Å². The smallest absolute Gasteiger partial charge is 0.412 e. The summed E-state index contributed by atoms with van der Waals surface area (Å²) in [5.74, 6) is 0.325. The maximum atomic E-state index is 11.9. The van der Waals surface area contributed by atoms with E-state index in [9.17, 15) is 9.59 Å². The van der Waals surface area contributed by atoms with Gasteiger partial charge >= 0.3 is 12.1 Å². The van der Waals surface area contributed by atoms with Crippen molar-refractivity contribution in [3.05, 3.63) is 59.7 Å². The van der Waals surface area contributed by atoms with Gasteiger partial charge in [-0.3, -0.25) is 5.32 Å². The van der Waals surface area contributed by atoms with E-state index < -0.39 is 23.8 Å². The van der Waals surface area contributed by atoms with Gasteiger partial charge in [0.2, 0.25) is 0 Å². The molecule has 1 atom stereocenters. The van der Waals surface area contributed by atoms with Crippen LogP contribution in [-0.2, 0) is 36.6 Å². The Labute approximate surface area is 201 Å². The van der Waals surface area contributed by atoms with E-state index in [1.807, 2.05) is 69.3 Å². The Morgan fingerprint density at radius 2 is 1.53 bits per heavy atom. The van der Waals surface area contributed by atoms with Crippen LogP contribution in [0.5, 0.6) is 5.75 Å². The summed E-state index contributed by atoms with van der Waals surface area (Å²) in [4.78, 5) is 23.8. The maximum Gasteiger partial charge on any atom is 0.412 e. The number of benzene rings is 2. The number of ether oxygens (including phenoxy) is 5. The number of carbonyl (C=O) groups excluding carboxylic acids is 2. The van der Waals surface area contributed by atoms with Crippen LogP contribution in [0.1, 0.15) is 31.9 Å². The number of nitrogens with one attached hydrogen (secondary N) is 1. The van der Waals surface area contributed by atoms with Gasteiger partial charge in [0.1, 0.15) is 11.4 Å². The minimum atomic E-state index is -0.681. The standard InChI is InChI=1S/C26H35NO7/c1-26(2,3)34-25(29)27-21-10-6-19(7-11-21)14-15-32-22-12-8-20(9-13-22)18-23(24(28)31-5)33-17-16-30-4/h6-13,23H,14-18H2,1-5H3,(H,27,29). The second-order valence-corrected chi connectivity index (χ2v) is 8.65. The molecule has 8 heteroatoms. The van der Waals surface area contributed by atoms with E-state index in [2.05, 4.69) is 5.32 Å². The fourth-order valence-electron chi connectivity index (χ4n) is 3.01. The van der Waals surface area contributed by atoms with Gasteiger partial charge in [0.25, 0.3) is 0 Å². The van der Waals surface area contributed by atoms with Crippen LogP contribution in [0.15, 0.2) is 48.5 Å². The molecule has 8 nitrogen and oxygen atoms in total. The van der Waals surface area contributed by atoms with E-state index in [0.29, 0.717) is 38.3 Å². The van der Waals surface area contributed by atoms with Crippen molar-refractivity contribution in [1.82, 2.24) is 0 Å². The number of anilines is 1. The third-order valence-corrected chi connectivity index (χ3v) is 4.67. The van der Waals surface area contributed by atoms with Crippen molar-refractivity contribution in [3.63, 3.8) is 0 Å². The zero-order chi connectivity index (χ0) is 25.0. The molecule has 2 rings (SSSR count). The topological polar surface area (TPSA) is 92.3 Å². The predicted octanol–water partition coefficient (Wildman–Crippen LogP) is 4.40. The highest BCUT2D eigenvalue weighted by Crippen LogP contribution is 2.17. The maximum absolute atomic E-state index is 11.9. The molecule has 1 unspecified atom stereocenters. The molecule has 2 aromatic rings. The molecule has 0 fully saturated rings. The van der Waals surface area contributed by atoms with Gasteiger partial charge < -0.3 is 23.7 Å². The zero-order valence-electron chi connectivity index (χ0n) is 20.6. The lowest BCUT2D eigenvalue weighted by atomic mass is 10.1. The molecule has 1 amide bonds. The third-order valence-electron chi connectivity index (χ3n) is 4.67. The number of hydrogen-bond acceptors (Lipinski definition) is 7. The monoisotopic (exact) mass is 473 g/mol. The third kappa shape index (κ3) is 10.2. The molecule has 0 aromatic heterocycles. The lowest BCUT2D eigenvalue weighted by molar-refractivity contribution is -0.154. The van der Waals surface area contributed by atoms with Gasteiger partial charge in [-0.05, 0) is 56.2 Å². The van der Waals surface area contributed by atoms with Crippen molar-refractivity contribution in [2.75, 3.05) is 39.4 Å². The summed E-state index contributed by atoms with van der Waals surface area (Å²) in [5, 5.41) is 2.71. The molecule has 0 heterocycles. The van der Waals surface area contributed by atoms with E-state index in [1.54, 1.807) is 7.11 Å². The first-order valence-corrected chi connectivity index (χ1v) is 11.2. The van der Waals surface area contributed by atoms with Gasteiger partial charge in [0.05, 0.1) is 26.9 Å². The Morgan fingerprint density at radius 3 is 2.12 bits per heavy atom. The lowest BCUT2D eigenvalue weighted by Gasteiger charge is -2.19. The SMILES string of the molecule is COCCOC(Cc1ccc(OCCc2ccc(NC(=O)OC(C)(C)C)cc2)cc1)C(=O)OC. The Hall–Kier alpha value is -3.10. The minimum Gasteiger partial charge on any atom is -0.493 e. The van der Waals surface area contributed by atoms with E-state index in [1.165, 1.54) is 7.11 Å². The largest absolute Gasteiger partial charge is 0.493 e. The summed E-state index contributed by atoms with van der Waals surface area (Å²) in [6.45, 7) is 6.69. The number of methoxy groups -OCH3 is 2. The van der Waals surface area contributed by atoms with E-state index in [-0.39, 0.29) is 0 Å². The molecule has 0 aliphatic carbocycles. The molecule has 1 N–H and O–H groups in total. The Morgan fingerprint density at radius 1 is 0.882 bits per heavy atom. The first-order chi connectivity index (χ1) is 16.2. The summed E-state index contributed by atoms with van der Waals surface area (Å²) in [7, 11) is 2.92. The predicted molar refractivity (Wildman–Crippen MR) is 129 cm³/mol. The van der Waals surface area contributed by atoms with Crippen molar-refractivity contribution in [1.29, 1.82) is 0 Å². The molecule has 0 aliphatic heterocycles. The molecular formula is C26H35NO7. The molecular weight excluding hydrogens is 438 g/mol. The van der Waals surface area contributed by atoms with Gasteiger partial charge in [0.15, 0.2) is 6.10 Å². The Bertz CT molecular complexity index is 889. The fraction of sp³-hybridized carbons (Fsp3) is 0.462. The van der Waals surface area contributed by atoms with Crippen LogP contribution >= 0.6 is 0 Å². The average molecular weight is 474 g/mol. The van der Waals surface area contributed by atoms with Gasteiger partial charge in [-0.15, -0.1) is 0 Å². The molecule has 2 aromatic carbocycles. The van der Waals surface area contributed by atoms with Crippen LogP contribution in [0.25, 0.3) is 0 Å². The highest BCUT2D eigenvalue weighted by atomic mass is 16.6. The van der Waals surface area contributed by atoms with Crippen molar-refractivity contribution >= 4 is 17.7 Å². The number of amides is 1. The number of esters is 1. The van der Waals surface area contributed by atoms with Crippen LogP contribution in [0.4, 0.5) is 10.5 Å². The van der Waals surface area contributed by atoms with Gasteiger partial charge in [0, 0.05) is 25.6 Å². The van der Waals surface area contributed by atoms with Crippen LogP contribution < -0.4 is 10.1 Å². The lowest BCUT2D eigenvalue weighted by Crippen LogP contribution is -2.29. The number of rotatable bonds is 12. The highest BCUT2D eigenvalue weighted by Gasteiger charge is 2.20. The van der Waals surface area contributed by atoms with Crippen molar-refractivity contribution in [2.45, 2.75) is 45.3 Å². The molecule has 0 spiro atoms. The first-order valence-electron chi connectivity index (χ1n) is 11.2. The number of hydrogen-bond donors (Lipinski definition) is 1. The van der Waals surface area contributed by atoms with Crippen LogP contribution in [0.3, 0.4) is 0 Å². The summed E-state index contributed by atoms with van der Waals surface area (Å²) in [5.41, 5.74) is 2.15. The Kier molecular flexibility index (Phi) is 10.8. The molecule has 0 aliphatic rings. The second kappa shape index (κ2) is 13.6. The Balaban J connectivity index is 1.79. The minimum absolute atomic E-state index is 0.315. The number of carbonyl (C=O) groups is 2. The fourth-order valence-corrected chi connectivity index (χ4v) is 3.01.